The molecule has 0 spiro atoms. The quantitative estimate of drug-likeness (QED) is 0.857. The molecule has 0 saturated carbocycles. The fourth-order valence-electron chi connectivity index (χ4n) is 3.54. The van der Waals surface area contributed by atoms with E-state index in [4.69, 9.17) is 4.74 Å². The second kappa shape index (κ2) is 6.19. The van der Waals surface area contributed by atoms with Crippen LogP contribution in [0.25, 0.3) is 5.65 Å². The Balaban J connectivity index is 1.47. The molecule has 0 amide bonds. The van der Waals surface area contributed by atoms with Gasteiger partial charge in [0.25, 0.3) is 0 Å². The first-order valence-corrected chi connectivity index (χ1v) is 8.27. The zero-order chi connectivity index (χ0) is 15.6. The standard InChI is InChI=1S/C17H21N5O/c18-11-15-17(19-16-3-1-2-5-22(15)16)21-8-6-20(7-9-21)12-14-4-10-23-13-14/h1-3,5,14H,4,6-10,12-13H2. The lowest BCUT2D eigenvalue weighted by molar-refractivity contribution is 0.164. The van der Waals surface area contributed by atoms with Crippen molar-refractivity contribution in [2.24, 2.45) is 5.92 Å². The van der Waals surface area contributed by atoms with E-state index in [1.807, 2.05) is 28.8 Å². The first-order valence-electron chi connectivity index (χ1n) is 8.27. The summed E-state index contributed by atoms with van der Waals surface area (Å²) >= 11 is 0. The van der Waals surface area contributed by atoms with Crippen LogP contribution in [0.15, 0.2) is 24.4 Å². The molecule has 6 heteroatoms. The van der Waals surface area contributed by atoms with Crippen molar-refractivity contribution in [2.45, 2.75) is 6.42 Å². The molecule has 2 aliphatic heterocycles. The third-order valence-corrected chi connectivity index (χ3v) is 4.83. The average molecular weight is 311 g/mol. The fourth-order valence-corrected chi connectivity index (χ4v) is 3.54. The summed E-state index contributed by atoms with van der Waals surface area (Å²) in [5, 5.41) is 9.52. The maximum atomic E-state index is 9.52. The Morgan fingerprint density at radius 3 is 2.87 bits per heavy atom. The van der Waals surface area contributed by atoms with Gasteiger partial charge in [0.05, 0.1) is 6.61 Å². The Bertz CT molecular complexity index is 720. The predicted molar refractivity (Wildman–Crippen MR) is 87.5 cm³/mol. The summed E-state index contributed by atoms with van der Waals surface area (Å²) in [6, 6.07) is 8.14. The summed E-state index contributed by atoms with van der Waals surface area (Å²) in [6.45, 7) is 6.84. The number of piperazine rings is 1. The van der Waals surface area contributed by atoms with Crippen molar-refractivity contribution < 1.29 is 4.74 Å². The van der Waals surface area contributed by atoms with Gasteiger partial charge in [-0.3, -0.25) is 9.30 Å². The highest BCUT2D eigenvalue weighted by Crippen LogP contribution is 2.23. The van der Waals surface area contributed by atoms with E-state index < -0.39 is 0 Å². The second-order valence-electron chi connectivity index (χ2n) is 6.34. The van der Waals surface area contributed by atoms with Crippen LogP contribution in [0.4, 0.5) is 5.82 Å². The first kappa shape index (κ1) is 14.5. The third-order valence-electron chi connectivity index (χ3n) is 4.83. The van der Waals surface area contributed by atoms with Crippen molar-refractivity contribution in [1.29, 1.82) is 5.26 Å². The van der Waals surface area contributed by atoms with Crippen LogP contribution in [0.2, 0.25) is 0 Å². The molecular weight excluding hydrogens is 290 g/mol. The van der Waals surface area contributed by atoms with Gasteiger partial charge in [0.15, 0.2) is 11.5 Å². The monoisotopic (exact) mass is 311 g/mol. The zero-order valence-electron chi connectivity index (χ0n) is 13.2. The van der Waals surface area contributed by atoms with E-state index in [0.717, 1.165) is 57.4 Å². The van der Waals surface area contributed by atoms with E-state index in [1.54, 1.807) is 0 Å². The van der Waals surface area contributed by atoms with Gasteiger partial charge in [0, 0.05) is 45.5 Å². The maximum absolute atomic E-state index is 9.52. The highest BCUT2D eigenvalue weighted by Gasteiger charge is 2.25. The smallest absolute Gasteiger partial charge is 0.169 e. The van der Waals surface area contributed by atoms with Gasteiger partial charge in [-0.15, -0.1) is 0 Å². The van der Waals surface area contributed by atoms with E-state index >= 15 is 0 Å². The number of fused-ring (bicyclic) bond motifs is 1. The number of anilines is 1. The molecule has 2 fully saturated rings. The molecule has 1 unspecified atom stereocenters. The van der Waals surface area contributed by atoms with Gasteiger partial charge in [-0.05, 0) is 24.5 Å². The third kappa shape index (κ3) is 2.78. The van der Waals surface area contributed by atoms with E-state index in [0.29, 0.717) is 11.6 Å². The van der Waals surface area contributed by atoms with Crippen molar-refractivity contribution in [1.82, 2.24) is 14.3 Å². The molecule has 120 valence electrons. The molecule has 23 heavy (non-hydrogen) atoms. The number of ether oxygens (including phenoxy) is 1. The molecule has 0 aliphatic carbocycles. The van der Waals surface area contributed by atoms with Gasteiger partial charge >= 0.3 is 0 Å². The van der Waals surface area contributed by atoms with Gasteiger partial charge in [-0.2, -0.15) is 5.26 Å². The minimum atomic E-state index is 0.637. The van der Waals surface area contributed by atoms with Crippen LogP contribution in [0, 0.1) is 17.2 Å². The first-order chi connectivity index (χ1) is 11.3. The molecule has 2 aromatic heterocycles. The number of nitrogens with zero attached hydrogens (tertiary/aromatic N) is 5. The molecular formula is C17H21N5O. The Labute approximate surface area is 135 Å². The molecule has 0 N–H and O–H groups in total. The molecule has 2 aliphatic rings. The van der Waals surface area contributed by atoms with Crippen LogP contribution in [0.1, 0.15) is 12.1 Å². The number of hydrogen-bond acceptors (Lipinski definition) is 5. The molecule has 0 aromatic carbocycles. The summed E-state index contributed by atoms with van der Waals surface area (Å²) < 4.78 is 7.34. The van der Waals surface area contributed by atoms with Crippen LogP contribution in [0.3, 0.4) is 0 Å². The van der Waals surface area contributed by atoms with Crippen LogP contribution in [0.5, 0.6) is 0 Å². The van der Waals surface area contributed by atoms with Gasteiger partial charge < -0.3 is 9.64 Å². The molecule has 0 bridgehead atoms. The van der Waals surface area contributed by atoms with Crippen LogP contribution in [-0.4, -0.2) is 60.2 Å². The fraction of sp³-hybridized carbons (Fsp3) is 0.529. The largest absolute Gasteiger partial charge is 0.381 e. The van der Waals surface area contributed by atoms with Crippen molar-refractivity contribution in [2.75, 3.05) is 50.8 Å². The Kier molecular flexibility index (Phi) is 3.90. The number of hydrogen-bond donors (Lipinski definition) is 0. The van der Waals surface area contributed by atoms with E-state index in [1.165, 1.54) is 6.42 Å². The summed E-state index contributed by atoms with van der Waals surface area (Å²) in [5.74, 6) is 1.51. The van der Waals surface area contributed by atoms with Crippen molar-refractivity contribution in [3.8, 4) is 6.07 Å². The van der Waals surface area contributed by atoms with Crippen molar-refractivity contribution in [3.05, 3.63) is 30.1 Å². The summed E-state index contributed by atoms with van der Waals surface area (Å²) in [5.41, 5.74) is 1.47. The number of rotatable bonds is 3. The highest BCUT2D eigenvalue weighted by molar-refractivity contribution is 5.60. The lowest BCUT2D eigenvalue weighted by Crippen LogP contribution is -2.48. The van der Waals surface area contributed by atoms with Gasteiger partial charge in [-0.25, -0.2) is 4.98 Å². The minimum absolute atomic E-state index is 0.637. The molecule has 1 atom stereocenters. The number of imidazole rings is 1. The van der Waals surface area contributed by atoms with Crippen LogP contribution < -0.4 is 4.90 Å². The second-order valence-corrected chi connectivity index (χ2v) is 6.34. The Morgan fingerprint density at radius 2 is 2.13 bits per heavy atom. The van der Waals surface area contributed by atoms with Gasteiger partial charge in [0.1, 0.15) is 11.7 Å². The number of nitriles is 1. The van der Waals surface area contributed by atoms with Crippen molar-refractivity contribution >= 4 is 11.5 Å². The highest BCUT2D eigenvalue weighted by atomic mass is 16.5. The summed E-state index contributed by atoms with van der Waals surface area (Å²) in [4.78, 5) is 9.42. The summed E-state index contributed by atoms with van der Waals surface area (Å²) in [7, 11) is 0. The van der Waals surface area contributed by atoms with Gasteiger partial charge in [0.2, 0.25) is 0 Å². The predicted octanol–water partition coefficient (Wildman–Crippen LogP) is 1.36. The van der Waals surface area contributed by atoms with E-state index in [2.05, 4.69) is 20.9 Å². The number of pyridine rings is 1. The Morgan fingerprint density at radius 1 is 1.26 bits per heavy atom. The molecule has 6 nitrogen and oxygen atoms in total. The number of aromatic nitrogens is 2. The SMILES string of the molecule is N#Cc1c(N2CCN(CC3CCOC3)CC2)nc2ccccn12. The lowest BCUT2D eigenvalue weighted by Gasteiger charge is -2.36. The minimum Gasteiger partial charge on any atom is -0.381 e. The average Bonchev–Trinajstić information content (AvgIpc) is 3.22. The summed E-state index contributed by atoms with van der Waals surface area (Å²) in [6.07, 6.45) is 3.09. The van der Waals surface area contributed by atoms with Gasteiger partial charge in [-0.1, -0.05) is 6.07 Å². The molecule has 4 rings (SSSR count). The van der Waals surface area contributed by atoms with Crippen molar-refractivity contribution in [3.63, 3.8) is 0 Å². The topological polar surface area (TPSA) is 56.8 Å². The normalized spacial score (nSPS) is 22.6. The molecule has 4 heterocycles. The maximum Gasteiger partial charge on any atom is 0.169 e. The Hall–Kier alpha value is -2.10. The molecule has 2 saturated heterocycles. The van der Waals surface area contributed by atoms with Crippen LogP contribution >= 0.6 is 0 Å². The van der Waals surface area contributed by atoms with E-state index in [9.17, 15) is 5.26 Å². The van der Waals surface area contributed by atoms with E-state index in [-0.39, 0.29) is 0 Å². The zero-order valence-corrected chi connectivity index (χ0v) is 13.2. The van der Waals surface area contributed by atoms with Crippen LogP contribution in [-0.2, 0) is 4.74 Å². The molecule has 2 aromatic rings. The molecule has 0 radical (unpaired) electrons. The lowest BCUT2D eigenvalue weighted by atomic mass is 10.1.